The molecule has 0 saturated carbocycles. The van der Waals surface area contributed by atoms with Gasteiger partial charge in [0, 0.05) is 11.1 Å². The van der Waals surface area contributed by atoms with Crippen molar-refractivity contribution in [2.24, 2.45) is 11.8 Å². The smallest absolute Gasteiger partial charge is 0.0465 e. The number of hydrogen-bond acceptors (Lipinski definition) is 1. The van der Waals surface area contributed by atoms with Gasteiger partial charge in [-0.3, -0.25) is 0 Å². The molecule has 0 aliphatic rings. The van der Waals surface area contributed by atoms with Crippen molar-refractivity contribution in [1.82, 2.24) is 0 Å². The van der Waals surface area contributed by atoms with E-state index < -0.39 is 0 Å². The zero-order valence-electron chi connectivity index (χ0n) is 10.1. The Morgan fingerprint density at radius 2 is 1.62 bits per heavy atom. The lowest BCUT2D eigenvalue weighted by atomic mass is 9.84. The van der Waals surface area contributed by atoms with Crippen molar-refractivity contribution in [1.29, 1.82) is 0 Å². The lowest BCUT2D eigenvalue weighted by Crippen LogP contribution is -2.20. The van der Waals surface area contributed by atoms with Gasteiger partial charge in [0.1, 0.15) is 0 Å². The van der Waals surface area contributed by atoms with Gasteiger partial charge < -0.3 is 5.11 Å². The molecule has 1 unspecified atom stereocenters. The summed E-state index contributed by atoms with van der Waals surface area (Å²) >= 11 is 3.44. The summed E-state index contributed by atoms with van der Waals surface area (Å²) in [6, 6.07) is 8.40. The lowest BCUT2D eigenvalue weighted by Gasteiger charge is -2.23. The molecule has 16 heavy (non-hydrogen) atoms. The van der Waals surface area contributed by atoms with Crippen LogP contribution >= 0.6 is 15.9 Å². The molecular weight excluding hydrogens is 264 g/mol. The van der Waals surface area contributed by atoms with Crippen LogP contribution in [0.3, 0.4) is 0 Å². The van der Waals surface area contributed by atoms with Gasteiger partial charge in [-0.15, -0.1) is 0 Å². The van der Waals surface area contributed by atoms with Crippen LogP contribution in [0.5, 0.6) is 0 Å². The second-order valence-corrected chi connectivity index (χ2v) is 5.27. The maximum absolute atomic E-state index is 9.47. The van der Waals surface area contributed by atoms with Crippen LogP contribution in [0.15, 0.2) is 28.7 Å². The van der Waals surface area contributed by atoms with Crippen molar-refractivity contribution >= 4 is 15.9 Å². The molecule has 0 radical (unpaired) electrons. The summed E-state index contributed by atoms with van der Waals surface area (Å²) in [7, 11) is 0. The lowest BCUT2D eigenvalue weighted by molar-refractivity contribution is 0.167. The number of aliphatic hydroxyl groups is 1. The van der Waals surface area contributed by atoms with Crippen molar-refractivity contribution in [3.05, 3.63) is 34.3 Å². The predicted molar refractivity (Wildman–Crippen MR) is 72.5 cm³/mol. The monoisotopic (exact) mass is 284 g/mol. The van der Waals surface area contributed by atoms with Crippen molar-refractivity contribution in [2.45, 2.75) is 33.1 Å². The van der Waals surface area contributed by atoms with E-state index in [1.54, 1.807) is 0 Å². The van der Waals surface area contributed by atoms with Gasteiger partial charge in [0.25, 0.3) is 0 Å². The predicted octanol–water partition coefficient (Wildman–Crippen LogP) is 4.04. The second kappa shape index (κ2) is 7.08. The van der Waals surface area contributed by atoms with Crippen LogP contribution in [0.4, 0.5) is 0 Å². The molecular formula is C14H21BrO. The number of benzene rings is 1. The summed E-state index contributed by atoms with van der Waals surface area (Å²) in [5.41, 5.74) is 1.31. The molecule has 1 nitrogen and oxygen atoms in total. The Bertz CT molecular complexity index is 290. The zero-order chi connectivity index (χ0) is 12.0. The van der Waals surface area contributed by atoms with Crippen molar-refractivity contribution < 1.29 is 5.11 Å². The third kappa shape index (κ3) is 3.91. The van der Waals surface area contributed by atoms with Crippen molar-refractivity contribution in [2.75, 3.05) is 6.61 Å². The van der Waals surface area contributed by atoms with Gasteiger partial charge in [0.2, 0.25) is 0 Å². The first-order valence-electron chi connectivity index (χ1n) is 6.06. The van der Waals surface area contributed by atoms with E-state index >= 15 is 0 Å². The topological polar surface area (TPSA) is 20.2 Å². The minimum Gasteiger partial charge on any atom is -0.396 e. The minimum atomic E-state index is 0.294. The van der Waals surface area contributed by atoms with E-state index in [2.05, 4.69) is 54.0 Å². The molecule has 0 spiro atoms. The summed E-state index contributed by atoms with van der Waals surface area (Å²) in [5.74, 6) is 1.03. The van der Waals surface area contributed by atoms with Crippen LogP contribution in [0.25, 0.3) is 0 Å². The summed E-state index contributed by atoms with van der Waals surface area (Å²) in [4.78, 5) is 0. The molecule has 0 amide bonds. The third-order valence-electron chi connectivity index (χ3n) is 3.36. The fourth-order valence-corrected chi connectivity index (χ4v) is 2.52. The maximum atomic E-state index is 9.47. The van der Waals surface area contributed by atoms with Crippen LogP contribution in [-0.2, 0) is 6.42 Å². The van der Waals surface area contributed by atoms with E-state index in [1.165, 1.54) is 5.56 Å². The van der Waals surface area contributed by atoms with Gasteiger partial charge >= 0.3 is 0 Å². The molecule has 1 rings (SSSR count). The van der Waals surface area contributed by atoms with Gasteiger partial charge in [-0.1, -0.05) is 54.8 Å². The molecule has 1 N–H and O–H groups in total. The average molecular weight is 285 g/mol. The van der Waals surface area contributed by atoms with E-state index in [1.807, 2.05) is 0 Å². The Hall–Kier alpha value is -0.340. The standard InChI is InChI=1S/C14H21BrO/c1-3-12(4-2)13(10-16)9-11-5-7-14(15)8-6-11/h5-8,12-13,16H,3-4,9-10H2,1-2H3. The molecule has 0 bridgehead atoms. The van der Waals surface area contributed by atoms with Crippen molar-refractivity contribution in [3.63, 3.8) is 0 Å². The van der Waals surface area contributed by atoms with Crippen LogP contribution in [-0.4, -0.2) is 11.7 Å². The normalized spacial score (nSPS) is 13.1. The number of halogens is 1. The summed E-state index contributed by atoms with van der Waals surface area (Å²) in [6.45, 7) is 4.71. The van der Waals surface area contributed by atoms with E-state index in [9.17, 15) is 5.11 Å². The largest absolute Gasteiger partial charge is 0.396 e. The highest BCUT2D eigenvalue weighted by molar-refractivity contribution is 9.10. The highest BCUT2D eigenvalue weighted by Gasteiger charge is 2.17. The molecule has 0 aromatic heterocycles. The Labute approximate surface area is 107 Å². The summed E-state index contributed by atoms with van der Waals surface area (Å²) in [5, 5.41) is 9.47. The number of hydrogen-bond donors (Lipinski definition) is 1. The Kier molecular flexibility index (Phi) is 6.07. The Morgan fingerprint density at radius 1 is 1.06 bits per heavy atom. The van der Waals surface area contributed by atoms with Gasteiger partial charge in [-0.05, 0) is 36.0 Å². The van der Waals surface area contributed by atoms with Crippen molar-refractivity contribution in [3.8, 4) is 0 Å². The first-order chi connectivity index (χ1) is 7.71. The first kappa shape index (κ1) is 13.7. The van der Waals surface area contributed by atoms with Crippen LogP contribution in [0, 0.1) is 11.8 Å². The van der Waals surface area contributed by atoms with Gasteiger partial charge in [0.05, 0.1) is 0 Å². The molecule has 0 fully saturated rings. The fraction of sp³-hybridized carbons (Fsp3) is 0.571. The Morgan fingerprint density at radius 3 is 2.06 bits per heavy atom. The van der Waals surface area contributed by atoms with E-state index in [-0.39, 0.29) is 0 Å². The number of aliphatic hydroxyl groups excluding tert-OH is 1. The highest BCUT2D eigenvalue weighted by atomic mass is 79.9. The molecule has 2 heteroatoms. The highest BCUT2D eigenvalue weighted by Crippen LogP contribution is 2.23. The van der Waals surface area contributed by atoms with Gasteiger partial charge in [-0.2, -0.15) is 0 Å². The summed E-state index contributed by atoms with van der Waals surface area (Å²) in [6.07, 6.45) is 3.28. The maximum Gasteiger partial charge on any atom is 0.0465 e. The minimum absolute atomic E-state index is 0.294. The average Bonchev–Trinajstić information content (AvgIpc) is 2.32. The molecule has 0 aliphatic carbocycles. The van der Waals surface area contributed by atoms with E-state index in [0.29, 0.717) is 18.4 Å². The van der Waals surface area contributed by atoms with Gasteiger partial charge in [0.15, 0.2) is 0 Å². The fourth-order valence-electron chi connectivity index (χ4n) is 2.26. The molecule has 0 saturated heterocycles. The van der Waals surface area contributed by atoms with E-state index in [4.69, 9.17) is 0 Å². The quantitative estimate of drug-likeness (QED) is 0.836. The zero-order valence-corrected chi connectivity index (χ0v) is 11.7. The molecule has 0 heterocycles. The van der Waals surface area contributed by atoms with Gasteiger partial charge in [-0.25, -0.2) is 0 Å². The third-order valence-corrected chi connectivity index (χ3v) is 3.89. The molecule has 0 aliphatic heterocycles. The molecule has 1 atom stereocenters. The summed E-state index contributed by atoms with van der Waals surface area (Å²) < 4.78 is 1.11. The van der Waals surface area contributed by atoms with Crippen LogP contribution in [0.1, 0.15) is 32.3 Å². The van der Waals surface area contributed by atoms with Crippen LogP contribution < -0.4 is 0 Å². The number of rotatable bonds is 6. The molecule has 90 valence electrons. The second-order valence-electron chi connectivity index (χ2n) is 4.35. The SMILES string of the molecule is CCC(CC)C(CO)Cc1ccc(Br)cc1. The Balaban J connectivity index is 2.65. The molecule has 1 aromatic rings. The van der Waals surface area contributed by atoms with Crippen LogP contribution in [0.2, 0.25) is 0 Å². The van der Waals surface area contributed by atoms with E-state index in [0.717, 1.165) is 23.7 Å². The first-order valence-corrected chi connectivity index (χ1v) is 6.85. The molecule has 1 aromatic carbocycles.